The van der Waals surface area contributed by atoms with Crippen molar-refractivity contribution in [2.24, 2.45) is 0 Å². The Morgan fingerprint density at radius 1 is 1.00 bits per heavy atom. The van der Waals surface area contributed by atoms with Crippen LogP contribution in [-0.2, 0) is 27.5 Å². The summed E-state index contributed by atoms with van der Waals surface area (Å²) >= 11 is 0. The van der Waals surface area contributed by atoms with E-state index in [1.807, 2.05) is 48.6 Å². The zero-order chi connectivity index (χ0) is 23.3. The standard InChI is InChI=1S/C21H45NO7Si/c1-20(2,3)28-30(25-8,29-21(4,5)6)15-11-14-26-16-18(23)17-27-19(24)12-9-10-13-22-7/h18,22-23H,9-17H2,1-8H3. The number of nitrogens with one attached hydrogen (secondary N) is 1. The van der Waals surface area contributed by atoms with Gasteiger partial charge in [-0.25, -0.2) is 0 Å². The van der Waals surface area contributed by atoms with Crippen LogP contribution in [0.3, 0.4) is 0 Å². The summed E-state index contributed by atoms with van der Waals surface area (Å²) in [7, 11) is 0.620. The summed E-state index contributed by atoms with van der Waals surface area (Å²) in [6, 6.07) is 0.607. The van der Waals surface area contributed by atoms with E-state index in [2.05, 4.69) is 5.32 Å². The molecule has 9 heteroatoms. The first-order valence-corrected chi connectivity index (χ1v) is 12.8. The van der Waals surface area contributed by atoms with E-state index in [0.29, 0.717) is 25.5 Å². The van der Waals surface area contributed by atoms with Gasteiger partial charge >= 0.3 is 14.8 Å². The minimum Gasteiger partial charge on any atom is -0.463 e. The quantitative estimate of drug-likeness (QED) is 0.210. The van der Waals surface area contributed by atoms with E-state index in [1.54, 1.807) is 7.11 Å². The van der Waals surface area contributed by atoms with E-state index in [-0.39, 0.29) is 30.4 Å². The van der Waals surface area contributed by atoms with Gasteiger partial charge in [0, 0.05) is 26.2 Å². The zero-order valence-electron chi connectivity index (χ0n) is 20.3. The Morgan fingerprint density at radius 3 is 2.10 bits per heavy atom. The van der Waals surface area contributed by atoms with Crippen LogP contribution >= 0.6 is 0 Å². The molecule has 0 aromatic rings. The van der Waals surface area contributed by atoms with Crippen molar-refractivity contribution in [2.75, 3.05) is 40.5 Å². The number of ether oxygens (including phenoxy) is 2. The van der Waals surface area contributed by atoms with E-state index in [4.69, 9.17) is 22.8 Å². The van der Waals surface area contributed by atoms with Gasteiger partial charge in [-0.15, -0.1) is 0 Å². The lowest BCUT2D eigenvalue weighted by molar-refractivity contribution is -0.147. The lowest BCUT2D eigenvalue weighted by Crippen LogP contribution is -2.53. The van der Waals surface area contributed by atoms with Gasteiger partial charge in [0.2, 0.25) is 0 Å². The molecule has 0 aliphatic rings. The molecule has 0 saturated carbocycles. The van der Waals surface area contributed by atoms with Crippen LogP contribution in [0.4, 0.5) is 0 Å². The summed E-state index contributed by atoms with van der Waals surface area (Å²) in [5.74, 6) is -0.292. The second kappa shape index (κ2) is 14.5. The van der Waals surface area contributed by atoms with Crippen molar-refractivity contribution in [3.8, 4) is 0 Å². The molecule has 1 unspecified atom stereocenters. The molecule has 8 nitrogen and oxygen atoms in total. The molecule has 0 rings (SSSR count). The monoisotopic (exact) mass is 451 g/mol. The van der Waals surface area contributed by atoms with Crippen molar-refractivity contribution in [2.45, 2.75) is 90.6 Å². The fourth-order valence-electron chi connectivity index (χ4n) is 2.73. The minimum absolute atomic E-state index is 0.0537. The summed E-state index contributed by atoms with van der Waals surface area (Å²) in [6.07, 6.45) is 1.88. The molecule has 2 N–H and O–H groups in total. The molecule has 0 aliphatic heterocycles. The molecule has 0 bridgehead atoms. The van der Waals surface area contributed by atoms with Crippen molar-refractivity contribution in [1.82, 2.24) is 5.32 Å². The van der Waals surface area contributed by atoms with Gasteiger partial charge < -0.3 is 33.2 Å². The number of rotatable bonds is 16. The first kappa shape index (κ1) is 29.4. The van der Waals surface area contributed by atoms with Crippen molar-refractivity contribution in [3.63, 3.8) is 0 Å². The van der Waals surface area contributed by atoms with Gasteiger partial charge in [-0.2, -0.15) is 0 Å². The van der Waals surface area contributed by atoms with Gasteiger partial charge in [-0.05, 0) is 74.4 Å². The highest BCUT2D eigenvalue weighted by Crippen LogP contribution is 2.28. The summed E-state index contributed by atoms with van der Waals surface area (Å²) in [4.78, 5) is 11.6. The predicted octanol–water partition coefficient (Wildman–Crippen LogP) is 2.90. The smallest absolute Gasteiger partial charge is 0.463 e. The van der Waals surface area contributed by atoms with E-state index >= 15 is 0 Å². The molecule has 180 valence electrons. The van der Waals surface area contributed by atoms with Crippen LogP contribution in [0.1, 0.15) is 67.2 Å². The Morgan fingerprint density at radius 2 is 1.60 bits per heavy atom. The van der Waals surface area contributed by atoms with E-state index in [0.717, 1.165) is 19.4 Å². The number of esters is 1. The fraction of sp³-hybridized carbons (Fsp3) is 0.952. The molecule has 30 heavy (non-hydrogen) atoms. The third-order valence-electron chi connectivity index (χ3n) is 3.81. The second-order valence-electron chi connectivity index (χ2n) is 9.39. The maximum absolute atomic E-state index is 11.6. The van der Waals surface area contributed by atoms with E-state index in [1.165, 1.54) is 0 Å². The van der Waals surface area contributed by atoms with Crippen LogP contribution in [0.2, 0.25) is 6.04 Å². The lowest BCUT2D eigenvalue weighted by atomic mass is 10.2. The summed E-state index contributed by atoms with van der Waals surface area (Å²) in [5.41, 5.74) is -0.775. The van der Waals surface area contributed by atoms with Gasteiger partial charge in [0.1, 0.15) is 12.7 Å². The molecule has 0 spiro atoms. The Balaban J connectivity index is 4.25. The highest BCUT2D eigenvalue weighted by molar-refractivity contribution is 6.60. The number of carbonyl (C=O) groups excluding carboxylic acids is 1. The van der Waals surface area contributed by atoms with Gasteiger partial charge in [0.05, 0.1) is 17.8 Å². The second-order valence-corrected chi connectivity index (χ2v) is 12.1. The first-order chi connectivity index (χ1) is 13.8. The lowest BCUT2D eigenvalue weighted by Gasteiger charge is -2.39. The number of aliphatic hydroxyl groups is 1. The van der Waals surface area contributed by atoms with Crippen LogP contribution in [0.5, 0.6) is 0 Å². The highest BCUT2D eigenvalue weighted by atomic mass is 28.4. The maximum atomic E-state index is 11.6. The van der Waals surface area contributed by atoms with Crippen molar-refractivity contribution in [3.05, 3.63) is 0 Å². The zero-order valence-corrected chi connectivity index (χ0v) is 21.3. The maximum Gasteiger partial charge on any atom is 0.501 e. The summed E-state index contributed by atoms with van der Waals surface area (Å²) in [6.45, 7) is 13.2. The van der Waals surface area contributed by atoms with Gasteiger partial charge in [0.25, 0.3) is 0 Å². The largest absolute Gasteiger partial charge is 0.501 e. The Kier molecular flexibility index (Phi) is 14.2. The topological polar surface area (TPSA) is 95.5 Å². The third kappa shape index (κ3) is 16.2. The van der Waals surface area contributed by atoms with Gasteiger partial charge in [0.15, 0.2) is 0 Å². The van der Waals surface area contributed by atoms with Crippen LogP contribution in [0.15, 0.2) is 0 Å². The number of unbranched alkanes of at least 4 members (excludes halogenated alkanes) is 1. The van der Waals surface area contributed by atoms with Gasteiger partial charge in [-0.3, -0.25) is 4.79 Å². The van der Waals surface area contributed by atoms with Crippen molar-refractivity contribution >= 4 is 14.8 Å². The molecule has 0 aromatic carbocycles. The average molecular weight is 452 g/mol. The van der Waals surface area contributed by atoms with Crippen LogP contribution in [0.25, 0.3) is 0 Å². The molecular formula is C21H45NO7Si. The van der Waals surface area contributed by atoms with E-state index in [9.17, 15) is 9.90 Å². The highest BCUT2D eigenvalue weighted by Gasteiger charge is 2.46. The molecular weight excluding hydrogens is 406 g/mol. The van der Waals surface area contributed by atoms with Crippen molar-refractivity contribution in [1.29, 1.82) is 0 Å². The number of hydrogen-bond acceptors (Lipinski definition) is 8. The predicted molar refractivity (Wildman–Crippen MR) is 119 cm³/mol. The van der Waals surface area contributed by atoms with Crippen LogP contribution < -0.4 is 5.32 Å². The molecule has 0 aromatic heterocycles. The van der Waals surface area contributed by atoms with Crippen LogP contribution in [0, 0.1) is 0 Å². The number of carbonyl (C=O) groups is 1. The number of hydrogen-bond donors (Lipinski definition) is 2. The minimum atomic E-state index is -2.88. The number of aliphatic hydroxyl groups excluding tert-OH is 1. The third-order valence-corrected chi connectivity index (χ3v) is 7.25. The molecule has 0 fully saturated rings. The fourth-order valence-corrected chi connectivity index (χ4v) is 5.79. The van der Waals surface area contributed by atoms with Crippen molar-refractivity contribution < 1.29 is 32.7 Å². The van der Waals surface area contributed by atoms with Gasteiger partial charge in [-0.1, -0.05) is 0 Å². The van der Waals surface area contributed by atoms with E-state index < -0.39 is 14.9 Å². The summed E-state index contributed by atoms with van der Waals surface area (Å²) in [5, 5.41) is 13.0. The molecule has 0 aliphatic carbocycles. The molecule has 0 radical (unpaired) electrons. The first-order valence-electron chi connectivity index (χ1n) is 10.8. The Hall–Kier alpha value is -0.553. The molecule has 0 amide bonds. The molecule has 1 atom stereocenters. The Labute approximate surface area is 184 Å². The normalized spacial score (nSPS) is 14.0. The van der Waals surface area contributed by atoms with Crippen LogP contribution in [-0.4, -0.2) is 77.7 Å². The average Bonchev–Trinajstić information content (AvgIpc) is 2.60. The Bertz CT molecular complexity index is 447. The molecule has 0 saturated heterocycles. The summed E-state index contributed by atoms with van der Waals surface area (Å²) < 4.78 is 28.8. The SMILES string of the molecule is CNCCCCC(=O)OCC(O)COCCC[Si](OC)(OC(C)(C)C)OC(C)(C)C. The molecule has 0 heterocycles.